The van der Waals surface area contributed by atoms with E-state index in [0.717, 1.165) is 56.2 Å². The minimum Gasteiger partial charge on any atom is -0.497 e. The molecule has 2 aromatic rings. The van der Waals surface area contributed by atoms with Crippen LogP contribution < -0.4 is 15.0 Å². The molecule has 0 bridgehead atoms. The molecular weight excluding hydrogens is 496 g/mol. The number of allylic oxidation sites excluding steroid dienone is 3. The van der Waals surface area contributed by atoms with Gasteiger partial charge in [0.25, 0.3) is 11.8 Å². The Morgan fingerprint density at radius 1 is 1.08 bits per heavy atom. The summed E-state index contributed by atoms with van der Waals surface area (Å²) in [5.74, 6) is 0.580. The summed E-state index contributed by atoms with van der Waals surface area (Å²) in [5.41, 5.74) is 3.51. The van der Waals surface area contributed by atoms with Crippen molar-refractivity contribution in [3.8, 4) is 5.75 Å². The number of hydrogen-bond donors (Lipinski definition) is 1. The fourth-order valence-electron chi connectivity index (χ4n) is 4.68. The second-order valence-electron chi connectivity index (χ2n) is 9.39. The van der Waals surface area contributed by atoms with Crippen LogP contribution in [0, 0.1) is 0 Å². The van der Waals surface area contributed by atoms with Gasteiger partial charge < -0.3 is 15.0 Å². The highest BCUT2D eigenvalue weighted by molar-refractivity contribution is 8.05. The number of fused-ring (bicyclic) bond motifs is 1. The number of ether oxygens (including phenoxy) is 1. The zero-order chi connectivity index (χ0) is 26.3. The van der Waals surface area contributed by atoms with Crippen molar-refractivity contribution in [2.75, 3.05) is 51.3 Å². The standard InChI is InChI=1S/C30H32N4O3S/c1-37-25-13-11-24(12-14-25)34-19-17-33(18-20-34)16-4-15-31-29(35)23-9-7-22(8-10-23)21-28-30(36)32-26-5-2-3-6-27(26)38-28/h2-3,5-14,21,27H,4,15-20H2,1H3,(H,31,35)/b28-21+. The molecule has 1 N–H and O–H groups in total. The highest BCUT2D eigenvalue weighted by atomic mass is 32.2. The number of hydrogen-bond acceptors (Lipinski definition) is 6. The van der Waals surface area contributed by atoms with Gasteiger partial charge in [-0.1, -0.05) is 30.4 Å². The molecule has 2 amide bonds. The Hall–Kier alpha value is -3.62. The van der Waals surface area contributed by atoms with E-state index in [1.54, 1.807) is 19.2 Å². The molecule has 1 atom stereocenters. The molecule has 5 rings (SSSR count). The molecule has 1 saturated heterocycles. The number of aliphatic imine (C=N–C) groups is 1. The zero-order valence-corrected chi connectivity index (χ0v) is 22.3. The van der Waals surface area contributed by atoms with Crippen LogP contribution in [0.3, 0.4) is 0 Å². The topological polar surface area (TPSA) is 74.2 Å². The van der Waals surface area contributed by atoms with Gasteiger partial charge in [0.1, 0.15) is 5.75 Å². The first kappa shape index (κ1) is 26.0. The molecular formula is C30H32N4O3S. The molecule has 0 spiro atoms. The number of carbonyl (C=O) groups is 2. The lowest BCUT2D eigenvalue weighted by molar-refractivity contribution is -0.113. The van der Waals surface area contributed by atoms with Gasteiger partial charge >= 0.3 is 0 Å². The number of carbonyl (C=O) groups excluding carboxylic acids is 2. The molecule has 2 heterocycles. The van der Waals surface area contributed by atoms with E-state index in [-0.39, 0.29) is 17.1 Å². The largest absolute Gasteiger partial charge is 0.497 e. The summed E-state index contributed by atoms with van der Waals surface area (Å²) in [6.45, 7) is 5.61. The van der Waals surface area contributed by atoms with Crippen molar-refractivity contribution in [2.45, 2.75) is 11.7 Å². The number of anilines is 1. The molecule has 196 valence electrons. The van der Waals surface area contributed by atoms with Crippen molar-refractivity contribution >= 4 is 41.1 Å². The van der Waals surface area contributed by atoms with Crippen LogP contribution in [0.25, 0.3) is 6.08 Å². The first-order valence-corrected chi connectivity index (χ1v) is 13.8. The Bertz CT molecular complexity index is 1270. The predicted molar refractivity (Wildman–Crippen MR) is 155 cm³/mol. The van der Waals surface area contributed by atoms with Gasteiger partial charge in [-0.3, -0.25) is 14.5 Å². The Morgan fingerprint density at radius 2 is 1.84 bits per heavy atom. The number of piperazine rings is 1. The number of rotatable bonds is 8. The smallest absolute Gasteiger partial charge is 0.283 e. The molecule has 0 radical (unpaired) electrons. The SMILES string of the molecule is COc1ccc(N2CCN(CCCNC(=O)c3ccc(/C=C4/SC5C=CC=CC5=NC4=O)cc3)CC2)cc1. The van der Waals surface area contributed by atoms with E-state index >= 15 is 0 Å². The molecule has 0 aromatic heterocycles. The average Bonchev–Trinajstić information content (AvgIpc) is 2.96. The van der Waals surface area contributed by atoms with Gasteiger partial charge in [-0.2, -0.15) is 0 Å². The van der Waals surface area contributed by atoms with Crippen molar-refractivity contribution in [3.63, 3.8) is 0 Å². The maximum absolute atomic E-state index is 12.6. The molecule has 1 aliphatic carbocycles. The van der Waals surface area contributed by atoms with Gasteiger partial charge in [0.2, 0.25) is 0 Å². The molecule has 8 heteroatoms. The minimum absolute atomic E-state index is 0.0753. The quantitative estimate of drug-likeness (QED) is 0.409. The lowest BCUT2D eigenvalue weighted by Gasteiger charge is -2.36. The summed E-state index contributed by atoms with van der Waals surface area (Å²) < 4.78 is 5.25. The van der Waals surface area contributed by atoms with E-state index in [9.17, 15) is 9.59 Å². The summed E-state index contributed by atoms with van der Waals surface area (Å²) in [7, 11) is 1.68. The van der Waals surface area contributed by atoms with Gasteiger partial charge in [-0.15, -0.1) is 11.8 Å². The molecule has 38 heavy (non-hydrogen) atoms. The zero-order valence-electron chi connectivity index (χ0n) is 21.5. The first-order valence-electron chi connectivity index (χ1n) is 12.9. The second-order valence-corrected chi connectivity index (χ2v) is 10.6. The maximum atomic E-state index is 12.6. The van der Waals surface area contributed by atoms with Crippen LogP contribution in [0.15, 0.2) is 82.7 Å². The first-order chi connectivity index (χ1) is 18.6. The number of benzene rings is 2. The number of amides is 2. The van der Waals surface area contributed by atoms with Crippen LogP contribution in [0.5, 0.6) is 5.75 Å². The fraction of sp³-hybridized carbons (Fsp3) is 0.300. The van der Waals surface area contributed by atoms with E-state index < -0.39 is 0 Å². The number of nitrogens with one attached hydrogen (secondary N) is 1. The highest BCUT2D eigenvalue weighted by Gasteiger charge is 2.25. The van der Waals surface area contributed by atoms with Gasteiger partial charge in [-0.25, -0.2) is 4.99 Å². The summed E-state index contributed by atoms with van der Waals surface area (Å²) in [6.07, 6.45) is 10.5. The predicted octanol–water partition coefficient (Wildman–Crippen LogP) is 4.19. The molecule has 2 aromatic carbocycles. The van der Waals surface area contributed by atoms with Crippen molar-refractivity contribution in [2.24, 2.45) is 4.99 Å². The minimum atomic E-state index is -0.217. The van der Waals surface area contributed by atoms with Crippen LogP contribution in [0.4, 0.5) is 5.69 Å². The van der Waals surface area contributed by atoms with Crippen LogP contribution in [0.2, 0.25) is 0 Å². The Kier molecular flexibility index (Phi) is 8.41. The van der Waals surface area contributed by atoms with E-state index in [4.69, 9.17) is 4.74 Å². The van der Waals surface area contributed by atoms with Crippen molar-refractivity contribution in [1.29, 1.82) is 0 Å². The summed E-state index contributed by atoms with van der Waals surface area (Å²) in [5, 5.41) is 3.11. The monoisotopic (exact) mass is 528 g/mol. The van der Waals surface area contributed by atoms with Gasteiger partial charge in [0.15, 0.2) is 0 Å². The van der Waals surface area contributed by atoms with E-state index in [1.165, 1.54) is 17.4 Å². The van der Waals surface area contributed by atoms with E-state index in [0.29, 0.717) is 17.0 Å². The summed E-state index contributed by atoms with van der Waals surface area (Å²) in [4.78, 5) is 34.7. The van der Waals surface area contributed by atoms with Crippen LogP contribution in [-0.4, -0.2) is 74.1 Å². The Balaban J connectivity index is 1.04. The number of nitrogens with zero attached hydrogens (tertiary/aromatic N) is 3. The molecule has 3 aliphatic rings. The fourth-order valence-corrected chi connectivity index (χ4v) is 5.73. The van der Waals surface area contributed by atoms with Gasteiger partial charge in [0.05, 0.1) is 23.0 Å². The van der Waals surface area contributed by atoms with E-state index in [1.807, 2.05) is 54.6 Å². The summed E-state index contributed by atoms with van der Waals surface area (Å²) in [6, 6.07) is 15.6. The van der Waals surface area contributed by atoms with E-state index in [2.05, 4.69) is 32.2 Å². The van der Waals surface area contributed by atoms with Gasteiger partial charge in [-0.05, 0) is 67.1 Å². The van der Waals surface area contributed by atoms with Crippen LogP contribution >= 0.6 is 11.8 Å². The van der Waals surface area contributed by atoms with Crippen molar-refractivity contribution < 1.29 is 14.3 Å². The third-order valence-electron chi connectivity index (χ3n) is 6.87. The number of thioether (sulfide) groups is 1. The molecule has 1 unspecified atom stereocenters. The van der Waals surface area contributed by atoms with Gasteiger partial charge in [0, 0.05) is 44.0 Å². The molecule has 1 fully saturated rings. The third-order valence-corrected chi connectivity index (χ3v) is 8.07. The van der Waals surface area contributed by atoms with Crippen LogP contribution in [0.1, 0.15) is 22.3 Å². The van der Waals surface area contributed by atoms with Crippen molar-refractivity contribution in [3.05, 3.63) is 88.9 Å². The summed E-state index contributed by atoms with van der Waals surface area (Å²) >= 11 is 1.51. The maximum Gasteiger partial charge on any atom is 0.283 e. The lowest BCUT2D eigenvalue weighted by atomic mass is 10.1. The highest BCUT2D eigenvalue weighted by Crippen LogP contribution is 2.33. The average molecular weight is 529 g/mol. The van der Waals surface area contributed by atoms with Crippen LogP contribution in [-0.2, 0) is 4.79 Å². The second kappa shape index (κ2) is 12.3. The normalized spacial score (nSPS) is 20.3. The molecule has 0 saturated carbocycles. The lowest BCUT2D eigenvalue weighted by Crippen LogP contribution is -2.47. The number of methoxy groups -OCH3 is 1. The Labute approximate surface area is 227 Å². The molecule has 2 aliphatic heterocycles. The Morgan fingerprint density at radius 3 is 2.58 bits per heavy atom. The third kappa shape index (κ3) is 6.44. The molecule has 7 nitrogen and oxygen atoms in total. The van der Waals surface area contributed by atoms with Crippen molar-refractivity contribution in [1.82, 2.24) is 10.2 Å².